The molecule has 0 unspecified atom stereocenters. The van der Waals surface area contributed by atoms with Crippen LogP contribution in [0.5, 0.6) is 5.75 Å². The Bertz CT molecular complexity index is 565. The Morgan fingerprint density at radius 1 is 0.905 bits per heavy atom. The smallest absolute Gasteiger partial charge is 0.478 e. The fourth-order valence-electron chi connectivity index (χ4n) is 2.11. The molecule has 21 heavy (non-hydrogen) atoms. The number of ether oxygens (including phenoxy) is 2. The van der Waals surface area contributed by atoms with Gasteiger partial charge in [0.25, 0.3) is 0 Å². The zero-order chi connectivity index (χ0) is 16.5. The molecule has 0 amide bonds. The van der Waals surface area contributed by atoms with Gasteiger partial charge >= 0.3 is 12.1 Å². The molecule has 0 radical (unpaired) electrons. The van der Waals surface area contributed by atoms with Crippen LogP contribution in [0.1, 0.15) is 53.4 Å². The van der Waals surface area contributed by atoms with Gasteiger partial charge in [0.15, 0.2) is 0 Å². The molecule has 0 atom stereocenters. The number of carboxylic acid groups (broad SMARTS) is 1. The molecule has 0 aromatic heterocycles. The van der Waals surface area contributed by atoms with E-state index in [0.717, 1.165) is 0 Å². The second kappa shape index (κ2) is 5.76. The summed E-state index contributed by atoms with van der Waals surface area (Å²) in [5.41, 5.74) is 2.03. The van der Waals surface area contributed by atoms with E-state index < -0.39 is 17.7 Å². The minimum absolute atomic E-state index is 0.251. The van der Waals surface area contributed by atoms with E-state index in [2.05, 4.69) is 0 Å². The first-order valence-electron chi connectivity index (χ1n) is 6.70. The van der Waals surface area contributed by atoms with Crippen LogP contribution in [0, 0.1) is 27.7 Å². The average molecular weight is 294 g/mol. The molecule has 0 aliphatic heterocycles. The van der Waals surface area contributed by atoms with Crippen LogP contribution < -0.4 is 4.74 Å². The van der Waals surface area contributed by atoms with E-state index in [1.165, 1.54) is 0 Å². The molecule has 0 aliphatic carbocycles. The van der Waals surface area contributed by atoms with Crippen LogP contribution in [0.2, 0.25) is 0 Å². The number of hydrogen-bond donors (Lipinski definition) is 1. The highest BCUT2D eigenvalue weighted by atomic mass is 16.7. The Balaban J connectivity index is 3.27. The molecule has 1 aromatic rings. The van der Waals surface area contributed by atoms with Crippen molar-refractivity contribution < 1.29 is 24.2 Å². The predicted octanol–water partition coefficient (Wildman–Crippen LogP) is 3.93. The van der Waals surface area contributed by atoms with Gasteiger partial charge in [0.1, 0.15) is 11.4 Å². The standard InChI is InChI=1S/C16H22O5/c1-8-10(3)13(20-15(19)21-16(5,6)7)11(4)9(2)12(8)14(17)18/h1-7H3,(H,17,18). The van der Waals surface area contributed by atoms with E-state index >= 15 is 0 Å². The molecule has 1 aromatic carbocycles. The van der Waals surface area contributed by atoms with Gasteiger partial charge in [0.05, 0.1) is 5.56 Å². The van der Waals surface area contributed by atoms with E-state index in [0.29, 0.717) is 28.0 Å². The highest BCUT2D eigenvalue weighted by Gasteiger charge is 2.24. The second-order valence-corrected chi connectivity index (χ2v) is 6.08. The summed E-state index contributed by atoms with van der Waals surface area (Å²) in [5, 5.41) is 9.29. The average Bonchev–Trinajstić information content (AvgIpc) is 2.29. The van der Waals surface area contributed by atoms with Crippen LogP contribution in [0.15, 0.2) is 0 Å². The fourth-order valence-corrected chi connectivity index (χ4v) is 2.11. The Labute approximate surface area is 124 Å². The maximum absolute atomic E-state index is 11.8. The molecule has 0 fully saturated rings. The van der Waals surface area contributed by atoms with Gasteiger partial charge in [-0.3, -0.25) is 0 Å². The van der Waals surface area contributed by atoms with Gasteiger partial charge in [0, 0.05) is 0 Å². The van der Waals surface area contributed by atoms with Crippen LogP contribution in [-0.2, 0) is 4.74 Å². The minimum Gasteiger partial charge on any atom is -0.478 e. The second-order valence-electron chi connectivity index (χ2n) is 6.08. The van der Waals surface area contributed by atoms with Crippen LogP contribution in [0.3, 0.4) is 0 Å². The molecule has 0 heterocycles. The largest absolute Gasteiger partial charge is 0.514 e. The number of rotatable bonds is 2. The highest BCUT2D eigenvalue weighted by molar-refractivity contribution is 5.92. The zero-order valence-corrected chi connectivity index (χ0v) is 13.6. The van der Waals surface area contributed by atoms with Crippen molar-refractivity contribution >= 4 is 12.1 Å². The van der Waals surface area contributed by atoms with Crippen molar-refractivity contribution in [2.75, 3.05) is 0 Å². The van der Waals surface area contributed by atoms with Gasteiger partial charge in [-0.15, -0.1) is 0 Å². The zero-order valence-electron chi connectivity index (χ0n) is 13.6. The summed E-state index contributed by atoms with van der Waals surface area (Å²) in [5.74, 6) is -0.621. The third-order valence-corrected chi connectivity index (χ3v) is 3.34. The van der Waals surface area contributed by atoms with Crippen LogP contribution in [0.25, 0.3) is 0 Å². The summed E-state index contributed by atoms with van der Waals surface area (Å²) in [7, 11) is 0. The third kappa shape index (κ3) is 3.74. The summed E-state index contributed by atoms with van der Waals surface area (Å²) in [6.45, 7) is 12.1. The lowest BCUT2D eigenvalue weighted by Gasteiger charge is -2.21. The first-order valence-corrected chi connectivity index (χ1v) is 6.70. The predicted molar refractivity (Wildman–Crippen MR) is 79.2 cm³/mol. The lowest BCUT2D eigenvalue weighted by Crippen LogP contribution is -2.26. The molecule has 1 N–H and O–H groups in total. The Hall–Kier alpha value is -2.04. The number of benzene rings is 1. The van der Waals surface area contributed by atoms with Crippen molar-refractivity contribution in [3.8, 4) is 5.75 Å². The molecular formula is C16H22O5. The normalized spacial score (nSPS) is 11.2. The lowest BCUT2D eigenvalue weighted by atomic mass is 9.93. The molecule has 5 nitrogen and oxygen atoms in total. The molecule has 0 spiro atoms. The molecule has 5 heteroatoms. The van der Waals surface area contributed by atoms with E-state index in [1.54, 1.807) is 48.5 Å². The van der Waals surface area contributed by atoms with Crippen molar-refractivity contribution in [3.63, 3.8) is 0 Å². The molecule has 1 rings (SSSR count). The van der Waals surface area contributed by atoms with Crippen molar-refractivity contribution in [1.29, 1.82) is 0 Å². The SMILES string of the molecule is Cc1c(C)c(C(=O)O)c(C)c(C)c1OC(=O)OC(C)(C)C. The molecule has 0 bridgehead atoms. The summed E-state index contributed by atoms with van der Waals surface area (Å²) in [4.78, 5) is 23.1. The van der Waals surface area contributed by atoms with Gasteiger partial charge in [-0.05, 0) is 70.7 Å². The number of carboxylic acids is 1. The van der Waals surface area contributed by atoms with E-state index in [9.17, 15) is 14.7 Å². The van der Waals surface area contributed by atoms with Crippen molar-refractivity contribution in [1.82, 2.24) is 0 Å². The third-order valence-electron chi connectivity index (χ3n) is 3.34. The molecule has 116 valence electrons. The number of aromatic carboxylic acids is 1. The van der Waals surface area contributed by atoms with E-state index in [-0.39, 0.29) is 5.56 Å². The fraction of sp³-hybridized carbons (Fsp3) is 0.500. The topological polar surface area (TPSA) is 72.8 Å². The van der Waals surface area contributed by atoms with Crippen molar-refractivity contribution in [2.45, 2.75) is 54.1 Å². The molecule has 0 aliphatic rings. The van der Waals surface area contributed by atoms with Crippen LogP contribution in [0.4, 0.5) is 4.79 Å². The summed E-state index contributed by atoms with van der Waals surface area (Å²) in [6.07, 6.45) is -0.796. The maximum atomic E-state index is 11.8. The van der Waals surface area contributed by atoms with E-state index in [4.69, 9.17) is 9.47 Å². The first-order chi connectivity index (χ1) is 9.45. The monoisotopic (exact) mass is 294 g/mol. The summed E-state index contributed by atoms with van der Waals surface area (Å²) < 4.78 is 10.4. The van der Waals surface area contributed by atoms with Gasteiger partial charge < -0.3 is 14.6 Å². The van der Waals surface area contributed by atoms with Gasteiger partial charge in [0.2, 0.25) is 0 Å². The van der Waals surface area contributed by atoms with Gasteiger partial charge in [-0.25, -0.2) is 9.59 Å². The quantitative estimate of drug-likeness (QED) is 0.661. The molecular weight excluding hydrogens is 272 g/mol. The Kier molecular flexibility index (Phi) is 4.66. The Morgan fingerprint density at radius 2 is 1.33 bits per heavy atom. The summed E-state index contributed by atoms with van der Waals surface area (Å²) >= 11 is 0. The molecule has 0 saturated heterocycles. The van der Waals surface area contributed by atoms with E-state index in [1.807, 2.05) is 0 Å². The number of carbonyl (C=O) groups is 2. The Morgan fingerprint density at radius 3 is 1.67 bits per heavy atom. The lowest BCUT2D eigenvalue weighted by molar-refractivity contribution is 0.0203. The van der Waals surface area contributed by atoms with Crippen LogP contribution >= 0.6 is 0 Å². The van der Waals surface area contributed by atoms with Gasteiger partial charge in [-0.2, -0.15) is 0 Å². The van der Waals surface area contributed by atoms with Gasteiger partial charge in [-0.1, -0.05) is 0 Å². The van der Waals surface area contributed by atoms with Crippen LogP contribution in [-0.4, -0.2) is 22.8 Å². The maximum Gasteiger partial charge on any atom is 0.514 e. The minimum atomic E-state index is -0.986. The van der Waals surface area contributed by atoms with Crippen molar-refractivity contribution in [2.24, 2.45) is 0 Å². The highest BCUT2D eigenvalue weighted by Crippen LogP contribution is 2.33. The van der Waals surface area contributed by atoms with Crippen molar-refractivity contribution in [3.05, 3.63) is 27.8 Å². The summed E-state index contributed by atoms with van der Waals surface area (Å²) in [6, 6.07) is 0. The number of hydrogen-bond acceptors (Lipinski definition) is 4. The first kappa shape index (κ1) is 17.0. The number of carbonyl (C=O) groups excluding carboxylic acids is 1. The molecule has 0 saturated carbocycles.